The largest absolute Gasteiger partial charge is 0.326 e. The maximum absolute atomic E-state index is 5.68. The summed E-state index contributed by atoms with van der Waals surface area (Å²) in [6.07, 6.45) is 2.78. The molecule has 1 aromatic carbocycles. The molecule has 3 nitrogen and oxygen atoms in total. The third-order valence-corrected chi connectivity index (χ3v) is 3.06. The van der Waals surface area contributed by atoms with Gasteiger partial charge in [-0.15, -0.1) is 0 Å². The van der Waals surface area contributed by atoms with Crippen molar-refractivity contribution in [3.05, 3.63) is 46.2 Å². The normalized spacial score (nSPS) is 10.7. The van der Waals surface area contributed by atoms with E-state index in [1.165, 1.54) is 5.69 Å². The first-order chi connectivity index (χ1) is 7.76. The van der Waals surface area contributed by atoms with Crippen molar-refractivity contribution in [2.45, 2.75) is 19.9 Å². The van der Waals surface area contributed by atoms with Gasteiger partial charge in [-0.2, -0.15) is 5.10 Å². The van der Waals surface area contributed by atoms with Crippen LogP contribution in [-0.2, 0) is 13.0 Å². The molecule has 2 rings (SSSR count). The summed E-state index contributed by atoms with van der Waals surface area (Å²) in [5.74, 6) is 0. The molecule has 1 aromatic heterocycles. The Morgan fingerprint density at radius 1 is 1.44 bits per heavy atom. The molecule has 0 radical (unpaired) electrons. The average molecular weight is 280 g/mol. The molecule has 0 amide bonds. The van der Waals surface area contributed by atoms with Crippen molar-refractivity contribution in [1.82, 2.24) is 9.78 Å². The second-order valence-corrected chi connectivity index (χ2v) is 4.48. The predicted molar refractivity (Wildman–Crippen MR) is 68.5 cm³/mol. The zero-order chi connectivity index (χ0) is 11.5. The summed E-state index contributed by atoms with van der Waals surface area (Å²) < 4.78 is 3.00. The minimum absolute atomic E-state index is 0.539. The summed E-state index contributed by atoms with van der Waals surface area (Å²) in [4.78, 5) is 0. The average Bonchev–Trinajstić information content (AvgIpc) is 2.71. The van der Waals surface area contributed by atoms with Crippen molar-refractivity contribution in [3.8, 4) is 5.69 Å². The van der Waals surface area contributed by atoms with Crippen LogP contribution in [0.3, 0.4) is 0 Å². The van der Waals surface area contributed by atoms with Crippen molar-refractivity contribution < 1.29 is 0 Å². The van der Waals surface area contributed by atoms with E-state index in [0.29, 0.717) is 6.54 Å². The van der Waals surface area contributed by atoms with Crippen molar-refractivity contribution >= 4 is 15.9 Å². The van der Waals surface area contributed by atoms with Gasteiger partial charge in [0.05, 0.1) is 11.9 Å². The molecule has 2 aromatic rings. The lowest BCUT2D eigenvalue weighted by Crippen LogP contribution is -2.04. The van der Waals surface area contributed by atoms with Crippen LogP contribution in [-0.4, -0.2) is 9.78 Å². The molecule has 0 unspecified atom stereocenters. The molecule has 2 N–H and O–H groups in total. The summed E-state index contributed by atoms with van der Waals surface area (Å²) in [5.41, 5.74) is 9.04. The van der Waals surface area contributed by atoms with E-state index in [9.17, 15) is 0 Å². The van der Waals surface area contributed by atoms with E-state index in [1.54, 1.807) is 0 Å². The number of hydrogen-bond donors (Lipinski definition) is 1. The van der Waals surface area contributed by atoms with Gasteiger partial charge < -0.3 is 5.73 Å². The molecular weight excluding hydrogens is 266 g/mol. The highest BCUT2D eigenvalue weighted by Crippen LogP contribution is 2.18. The lowest BCUT2D eigenvalue weighted by atomic mass is 10.2. The monoisotopic (exact) mass is 279 g/mol. The Balaban J connectivity index is 2.51. The SMILES string of the molecule is CCc1c(CN)cnn1-c1cccc(Br)c1. The minimum Gasteiger partial charge on any atom is -0.326 e. The van der Waals surface area contributed by atoms with Crippen LogP contribution < -0.4 is 5.73 Å². The first-order valence-corrected chi connectivity index (χ1v) is 6.07. The summed E-state index contributed by atoms with van der Waals surface area (Å²) in [7, 11) is 0. The highest BCUT2D eigenvalue weighted by molar-refractivity contribution is 9.10. The third kappa shape index (κ3) is 2.03. The van der Waals surface area contributed by atoms with Gasteiger partial charge in [0, 0.05) is 22.3 Å². The van der Waals surface area contributed by atoms with Gasteiger partial charge in [-0.05, 0) is 24.6 Å². The fourth-order valence-corrected chi connectivity index (χ4v) is 2.17. The Kier molecular flexibility index (Phi) is 3.41. The molecule has 0 bridgehead atoms. The zero-order valence-electron chi connectivity index (χ0n) is 9.15. The molecule has 0 fully saturated rings. The molecule has 0 saturated heterocycles. The standard InChI is InChI=1S/C12H14BrN3/c1-2-12-9(7-14)8-15-16(12)11-5-3-4-10(13)6-11/h3-6,8H,2,7,14H2,1H3. The number of nitrogens with zero attached hydrogens (tertiary/aromatic N) is 2. The van der Waals surface area contributed by atoms with Gasteiger partial charge in [-0.1, -0.05) is 28.9 Å². The smallest absolute Gasteiger partial charge is 0.0660 e. The quantitative estimate of drug-likeness (QED) is 0.939. The molecule has 0 saturated carbocycles. The molecule has 4 heteroatoms. The second-order valence-electron chi connectivity index (χ2n) is 3.57. The number of aromatic nitrogens is 2. The van der Waals surface area contributed by atoms with Crippen LogP contribution in [0.4, 0.5) is 0 Å². The number of nitrogens with two attached hydrogens (primary N) is 1. The molecule has 0 spiro atoms. The predicted octanol–water partition coefficient (Wildman–Crippen LogP) is 2.66. The maximum atomic E-state index is 5.68. The van der Waals surface area contributed by atoms with Gasteiger partial charge in [-0.3, -0.25) is 0 Å². The van der Waals surface area contributed by atoms with Crippen LogP contribution in [0.5, 0.6) is 0 Å². The minimum atomic E-state index is 0.539. The van der Waals surface area contributed by atoms with Crippen LogP contribution in [0.1, 0.15) is 18.2 Å². The first kappa shape index (κ1) is 11.4. The van der Waals surface area contributed by atoms with Crippen LogP contribution in [0.2, 0.25) is 0 Å². The molecule has 0 aliphatic carbocycles. The fourth-order valence-electron chi connectivity index (χ4n) is 1.79. The van der Waals surface area contributed by atoms with Gasteiger partial charge in [0.25, 0.3) is 0 Å². The topological polar surface area (TPSA) is 43.8 Å². The van der Waals surface area contributed by atoms with Crippen LogP contribution in [0.25, 0.3) is 5.69 Å². The highest BCUT2D eigenvalue weighted by atomic mass is 79.9. The Labute approximate surface area is 103 Å². The van der Waals surface area contributed by atoms with E-state index in [2.05, 4.69) is 28.0 Å². The highest BCUT2D eigenvalue weighted by Gasteiger charge is 2.09. The van der Waals surface area contributed by atoms with Gasteiger partial charge >= 0.3 is 0 Å². The van der Waals surface area contributed by atoms with E-state index in [0.717, 1.165) is 22.1 Å². The van der Waals surface area contributed by atoms with Crippen molar-refractivity contribution in [3.63, 3.8) is 0 Å². The second kappa shape index (κ2) is 4.80. The van der Waals surface area contributed by atoms with Crippen molar-refractivity contribution in [2.24, 2.45) is 5.73 Å². The number of benzene rings is 1. The summed E-state index contributed by atoms with van der Waals surface area (Å²) >= 11 is 3.46. The number of hydrogen-bond acceptors (Lipinski definition) is 2. The van der Waals surface area contributed by atoms with Gasteiger partial charge in [0.15, 0.2) is 0 Å². The lowest BCUT2D eigenvalue weighted by Gasteiger charge is -2.07. The zero-order valence-corrected chi connectivity index (χ0v) is 10.7. The maximum Gasteiger partial charge on any atom is 0.0660 e. The van der Waals surface area contributed by atoms with Gasteiger partial charge in [0.1, 0.15) is 0 Å². The number of halogens is 1. The van der Waals surface area contributed by atoms with Crippen LogP contribution in [0, 0.1) is 0 Å². The fraction of sp³-hybridized carbons (Fsp3) is 0.250. The summed E-state index contributed by atoms with van der Waals surface area (Å²) in [6, 6.07) is 8.09. The van der Waals surface area contributed by atoms with Crippen molar-refractivity contribution in [1.29, 1.82) is 0 Å². The van der Waals surface area contributed by atoms with E-state index in [1.807, 2.05) is 35.1 Å². The van der Waals surface area contributed by atoms with Gasteiger partial charge in [-0.25, -0.2) is 4.68 Å². The Hall–Kier alpha value is -1.13. The first-order valence-electron chi connectivity index (χ1n) is 5.28. The van der Waals surface area contributed by atoms with Crippen LogP contribution in [0.15, 0.2) is 34.9 Å². The molecule has 1 heterocycles. The Bertz CT molecular complexity index is 491. The van der Waals surface area contributed by atoms with E-state index >= 15 is 0 Å². The molecule has 0 aliphatic heterocycles. The number of rotatable bonds is 3. The third-order valence-electron chi connectivity index (χ3n) is 2.56. The summed E-state index contributed by atoms with van der Waals surface area (Å²) in [5, 5.41) is 4.38. The molecular formula is C12H14BrN3. The molecule has 0 aliphatic rings. The van der Waals surface area contributed by atoms with Crippen LogP contribution >= 0.6 is 15.9 Å². The molecule has 0 atom stereocenters. The van der Waals surface area contributed by atoms with Gasteiger partial charge in [0.2, 0.25) is 0 Å². The Morgan fingerprint density at radius 2 is 2.25 bits per heavy atom. The molecule has 84 valence electrons. The van der Waals surface area contributed by atoms with Crippen molar-refractivity contribution in [2.75, 3.05) is 0 Å². The van der Waals surface area contributed by atoms with E-state index < -0.39 is 0 Å². The Morgan fingerprint density at radius 3 is 2.88 bits per heavy atom. The lowest BCUT2D eigenvalue weighted by molar-refractivity contribution is 0.807. The van der Waals surface area contributed by atoms with E-state index in [-0.39, 0.29) is 0 Å². The summed E-state index contributed by atoms with van der Waals surface area (Å²) in [6.45, 7) is 2.65. The van der Waals surface area contributed by atoms with E-state index in [4.69, 9.17) is 5.73 Å². The molecule has 16 heavy (non-hydrogen) atoms.